The van der Waals surface area contributed by atoms with Crippen LogP contribution in [-0.4, -0.2) is 41.8 Å². The first-order valence-electron chi connectivity index (χ1n) is 7.66. The van der Waals surface area contributed by atoms with Crippen molar-refractivity contribution >= 4 is 23.5 Å². The van der Waals surface area contributed by atoms with E-state index in [2.05, 4.69) is 5.32 Å². The molecule has 3 rings (SSSR count). The first kappa shape index (κ1) is 16.2. The lowest BCUT2D eigenvalue weighted by atomic mass is 9.82. The minimum Gasteiger partial charge on any atom is -0.481 e. The van der Waals surface area contributed by atoms with Gasteiger partial charge in [-0.1, -0.05) is 12.2 Å². The lowest BCUT2D eigenvalue weighted by molar-refractivity contribution is -0.145. The second-order valence-electron chi connectivity index (χ2n) is 5.63. The van der Waals surface area contributed by atoms with Crippen molar-refractivity contribution in [3.8, 4) is 0 Å². The second-order valence-corrected chi connectivity index (χ2v) is 5.63. The second kappa shape index (κ2) is 6.45. The zero-order valence-electron chi connectivity index (χ0n) is 13.0. The van der Waals surface area contributed by atoms with Crippen LogP contribution in [0.2, 0.25) is 0 Å². The summed E-state index contributed by atoms with van der Waals surface area (Å²) in [7, 11) is 0. The number of carbonyl (C=O) groups excluding carboxylic acids is 2. The molecule has 2 N–H and O–H groups in total. The van der Waals surface area contributed by atoms with Gasteiger partial charge in [-0.05, 0) is 31.2 Å². The van der Waals surface area contributed by atoms with Crippen LogP contribution in [0.1, 0.15) is 17.3 Å². The molecular formula is C17H17NO6. The lowest BCUT2D eigenvalue weighted by Gasteiger charge is -2.21. The van der Waals surface area contributed by atoms with E-state index in [4.69, 9.17) is 9.47 Å². The van der Waals surface area contributed by atoms with Crippen LogP contribution in [0, 0.1) is 11.8 Å². The molecule has 126 valence electrons. The van der Waals surface area contributed by atoms with Crippen molar-refractivity contribution < 1.29 is 29.0 Å². The standard InChI is InChI=1S/C17H17NO6/c1-2-23-17(22)9-3-5-10(6-4-9)18-15(19)13-11-7-8-12(24-11)14(13)16(20)21/h3-8,11-14H,2H2,1H3,(H,18,19)(H,20,21)/t11-,12-,13+,14+/m1/s1. The summed E-state index contributed by atoms with van der Waals surface area (Å²) in [5.41, 5.74) is 0.855. The molecule has 0 spiro atoms. The van der Waals surface area contributed by atoms with Crippen molar-refractivity contribution in [1.29, 1.82) is 0 Å². The minimum atomic E-state index is -1.05. The summed E-state index contributed by atoms with van der Waals surface area (Å²) in [4.78, 5) is 35.4. The molecule has 0 aliphatic carbocycles. The summed E-state index contributed by atoms with van der Waals surface area (Å²) in [5.74, 6) is -3.57. The molecule has 7 nitrogen and oxygen atoms in total. The van der Waals surface area contributed by atoms with E-state index in [1.165, 1.54) is 0 Å². The van der Waals surface area contributed by atoms with Crippen LogP contribution in [0.5, 0.6) is 0 Å². The topological polar surface area (TPSA) is 102 Å². The third-order valence-corrected chi connectivity index (χ3v) is 4.15. The zero-order valence-corrected chi connectivity index (χ0v) is 13.0. The molecule has 1 aromatic rings. The van der Waals surface area contributed by atoms with Gasteiger partial charge in [0.15, 0.2) is 0 Å². The maximum absolute atomic E-state index is 12.5. The van der Waals surface area contributed by atoms with Crippen molar-refractivity contribution in [3.05, 3.63) is 42.0 Å². The number of fused-ring (bicyclic) bond motifs is 2. The first-order chi connectivity index (χ1) is 11.5. The third-order valence-electron chi connectivity index (χ3n) is 4.15. The molecule has 1 amide bonds. The zero-order chi connectivity index (χ0) is 17.3. The van der Waals surface area contributed by atoms with E-state index in [0.29, 0.717) is 11.3 Å². The number of hydrogen-bond donors (Lipinski definition) is 2. The highest BCUT2D eigenvalue weighted by molar-refractivity contribution is 5.97. The summed E-state index contributed by atoms with van der Waals surface area (Å²) in [5, 5.41) is 12.0. The van der Waals surface area contributed by atoms with Crippen molar-refractivity contribution in [2.75, 3.05) is 11.9 Å². The largest absolute Gasteiger partial charge is 0.481 e. The Hall–Kier alpha value is -2.67. The highest BCUT2D eigenvalue weighted by atomic mass is 16.5. The van der Waals surface area contributed by atoms with Crippen LogP contribution >= 0.6 is 0 Å². The van der Waals surface area contributed by atoms with Gasteiger partial charge in [-0.3, -0.25) is 9.59 Å². The number of rotatable bonds is 5. The number of carboxylic acid groups (broad SMARTS) is 1. The van der Waals surface area contributed by atoms with Gasteiger partial charge in [0, 0.05) is 5.69 Å². The van der Waals surface area contributed by atoms with Crippen LogP contribution in [0.15, 0.2) is 36.4 Å². The Kier molecular flexibility index (Phi) is 4.35. The number of carboxylic acids is 1. The number of amides is 1. The first-order valence-corrected chi connectivity index (χ1v) is 7.66. The fraction of sp³-hybridized carbons (Fsp3) is 0.353. The van der Waals surface area contributed by atoms with Crippen molar-refractivity contribution in [2.24, 2.45) is 11.8 Å². The van der Waals surface area contributed by atoms with Gasteiger partial charge in [0.1, 0.15) is 5.92 Å². The number of anilines is 1. The summed E-state index contributed by atoms with van der Waals surface area (Å²) in [6.07, 6.45) is 2.32. The monoisotopic (exact) mass is 331 g/mol. The maximum Gasteiger partial charge on any atom is 0.338 e. The van der Waals surface area contributed by atoms with E-state index in [1.54, 1.807) is 43.3 Å². The molecule has 1 saturated heterocycles. The molecular weight excluding hydrogens is 314 g/mol. The van der Waals surface area contributed by atoms with Crippen molar-refractivity contribution in [3.63, 3.8) is 0 Å². The van der Waals surface area contributed by atoms with Crippen LogP contribution < -0.4 is 5.32 Å². The number of benzene rings is 1. The van der Waals surface area contributed by atoms with Gasteiger partial charge >= 0.3 is 11.9 Å². The van der Waals surface area contributed by atoms with Gasteiger partial charge in [-0.25, -0.2) is 4.79 Å². The van der Waals surface area contributed by atoms with Gasteiger partial charge in [-0.2, -0.15) is 0 Å². The fourth-order valence-corrected chi connectivity index (χ4v) is 3.04. The Morgan fingerprint density at radius 2 is 1.75 bits per heavy atom. The predicted octanol–water partition coefficient (Wildman–Crippen LogP) is 1.46. The quantitative estimate of drug-likeness (QED) is 0.625. The average molecular weight is 331 g/mol. The molecule has 0 saturated carbocycles. The molecule has 2 bridgehead atoms. The van der Waals surface area contributed by atoms with E-state index in [0.717, 1.165) is 0 Å². The van der Waals surface area contributed by atoms with E-state index in [-0.39, 0.29) is 6.61 Å². The smallest absolute Gasteiger partial charge is 0.338 e. The highest BCUT2D eigenvalue weighted by Crippen LogP contribution is 2.39. The molecule has 1 fully saturated rings. The van der Waals surface area contributed by atoms with Gasteiger partial charge in [0.05, 0.1) is 30.3 Å². The Bertz CT molecular complexity index is 696. The molecule has 0 unspecified atom stereocenters. The molecule has 7 heteroatoms. The van der Waals surface area contributed by atoms with Gasteiger partial charge in [0.2, 0.25) is 5.91 Å². The van der Waals surface area contributed by atoms with Crippen LogP contribution in [0.4, 0.5) is 5.69 Å². The molecule has 4 atom stereocenters. The molecule has 2 heterocycles. The summed E-state index contributed by atoms with van der Waals surface area (Å²) < 4.78 is 10.4. The van der Waals surface area contributed by atoms with Crippen LogP contribution in [0.3, 0.4) is 0 Å². The average Bonchev–Trinajstić information content (AvgIpc) is 3.16. The Morgan fingerprint density at radius 3 is 2.33 bits per heavy atom. The molecule has 1 aromatic carbocycles. The summed E-state index contributed by atoms with van der Waals surface area (Å²) in [6, 6.07) is 6.23. The number of carbonyl (C=O) groups is 3. The van der Waals surface area contributed by atoms with Gasteiger partial charge in [-0.15, -0.1) is 0 Å². The number of ether oxygens (including phenoxy) is 2. The Labute approximate surface area is 138 Å². The van der Waals surface area contributed by atoms with E-state index in [1.807, 2.05) is 0 Å². The third kappa shape index (κ3) is 2.90. The van der Waals surface area contributed by atoms with Gasteiger partial charge < -0.3 is 19.9 Å². The predicted molar refractivity (Wildman–Crippen MR) is 83.4 cm³/mol. The van der Waals surface area contributed by atoms with E-state index < -0.39 is 41.9 Å². The molecule has 2 aliphatic rings. The number of hydrogen-bond acceptors (Lipinski definition) is 5. The fourth-order valence-electron chi connectivity index (χ4n) is 3.04. The number of esters is 1. The minimum absolute atomic E-state index is 0.283. The van der Waals surface area contributed by atoms with Crippen molar-refractivity contribution in [2.45, 2.75) is 19.1 Å². The molecule has 0 aromatic heterocycles. The summed E-state index contributed by atoms with van der Waals surface area (Å²) >= 11 is 0. The van der Waals surface area contributed by atoms with Crippen LogP contribution in [-0.2, 0) is 19.1 Å². The van der Waals surface area contributed by atoms with Crippen LogP contribution in [0.25, 0.3) is 0 Å². The molecule has 24 heavy (non-hydrogen) atoms. The number of aliphatic carboxylic acids is 1. The van der Waals surface area contributed by atoms with E-state index >= 15 is 0 Å². The molecule has 0 radical (unpaired) electrons. The Balaban J connectivity index is 1.70. The van der Waals surface area contributed by atoms with Crippen molar-refractivity contribution in [1.82, 2.24) is 0 Å². The normalized spacial score (nSPS) is 27.0. The van der Waals surface area contributed by atoms with E-state index in [9.17, 15) is 19.5 Å². The highest BCUT2D eigenvalue weighted by Gasteiger charge is 2.53. The van der Waals surface area contributed by atoms with Gasteiger partial charge in [0.25, 0.3) is 0 Å². The SMILES string of the molecule is CCOC(=O)c1ccc(NC(=O)[C@@H]2[C@@H](C(=O)O)[C@H]3C=C[C@H]2O3)cc1. The summed E-state index contributed by atoms with van der Waals surface area (Å²) in [6.45, 7) is 2.00. The number of nitrogens with one attached hydrogen (secondary N) is 1. The maximum atomic E-state index is 12.5. The Morgan fingerprint density at radius 1 is 1.12 bits per heavy atom. The molecule has 2 aliphatic heterocycles. The lowest BCUT2D eigenvalue weighted by Crippen LogP contribution is -2.39.